The molecule has 2 bridgehead atoms. The number of nitrogens with one attached hydrogen (secondary N) is 1. The number of carbonyl (C=O) groups excluding carboxylic acids is 1. The number of aliphatic imine (C=N–C) groups is 1. The Morgan fingerprint density at radius 1 is 1.21 bits per heavy atom. The van der Waals surface area contributed by atoms with Crippen LogP contribution in [0.4, 0.5) is 11.4 Å². The van der Waals surface area contributed by atoms with Gasteiger partial charge < -0.3 is 5.32 Å². The molecule has 2 aromatic rings. The van der Waals surface area contributed by atoms with E-state index < -0.39 is 0 Å². The van der Waals surface area contributed by atoms with E-state index in [2.05, 4.69) is 36.2 Å². The van der Waals surface area contributed by atoms with Gasteiger partial charge >= 0.3 is 0 Å². The summed E-state index contributed by atoms with van der Waals surface area (Å²) in [4.78, 5) is 22.2. The predicted molar refractivity (Wildman–Crippen MR) is 109 cm³/mol. The molecular weight excluding hydrogens is 374 g/mol. The molecule has 0 aromatic carbocycles. The fourth-order valence-corrected chi connectivity index (χ4v) is 5.53. The maximum absolute atomic E-state index is 12.8. The summed E-state index contributed by atoms with van der Waals surface area (Å²) in [6, 6.07) is 0. The number of carbonyl (C=O) groups is 1. The van der Waals surface area contributed by atoms with Crippen LogP contribution < -0.4 is 5.32 Å². The molecule has 2 fully saturated rings. The van der Waals surface area contributed by atoms with Crippen molar-refractivity contribution in [1.29, 1.82) is 0 Å². The number of aromatic nitrogens is 3. The lowest BCUT2D eigenvalue weighted by Gasteiger charge is -2.41. The van der Waals surface area contributed by atoms with Gasteiger partial charge in [-0.2, -0.15) is 5.10 Å². The van der Waals surface area contributed by atoms with E-state index in [4.69, 9.17) is 16.6 Å². The molecule has 6 nitrogen and oxygen atoms in total. The third-order valence-electron chi connectivity index (χ3n) is 7.77. The predicted octanol–water partition coefficient (Wildman–Crippen LogP) is 4.10. The lowest BCUT2D eigenvalue weighted by atomic mass is 9.68. The van der Waals surface area contributed by atoms with Crippen LogP contribution in [-0.4, -0.2) is 31.8 Å². The molecule has 3 heterocycles. The SMILES string of the molecule is Cn1cc(C2=Nc3c(ncc(Cl)c3NC34CCC(C)(C(=O)C3)C4(C)C)C2)cn1. The van der Waals surface area contributed by atoms with Crippen LogP contribution in [0, 0.1) is 10.8 Å². The number of pyridine rings is 1. The zero-order valence-corrected chi connectivity index (χ0v) is 17.4. The number of aryl methyl sites for hydroxylation is 1. The van der Waals surface area contributed by atoms with Crippen molar-refractivity contribution < 1.29 is 4.79 Å². The van der Waals surface area contributed by atoms with Crippen molar-refractivity contribution >= 4 is 34.5 Å². The third-order valence-corrected chi connectivity index (χ3v) is 8.06. The molecule has 2 aromatic heterocycles. The maximum Gasteiger partial charge on any atom is 0.141 e. The molecule has 1 N–H and O–H groups in total. The molecule has 2 saturated carbocycles. The second-order valence-corrected chi connectivity index (χ2v) is 9.59. The van der Waals surface area contributed by atoms with Crippen LogP contribution >= 0.6 is 11.6 Å². The number of Topliss-reactive ketones (excluding diaryl/α,β-unsaturated/α-hetero) is 1. The number of hydrogen-bond acceptors (Lipinski definition) is 5. The van der Waals surface area contributed by atoms with Crippen molar-refractivity contribution in [3.8, 4) is 0 Å². The Labute approximate surface area is 169 Å². The molecule has 2 unspecified atom stereocenters. The zero-order chi connectivity index (χ0) is 19.9. The number of nitrogens with zero attached hydrogens (tertiary/aromatic N) is 4. The van der Waals surface area contributed by atoms with Crippen LogP contribution in [0.3, 0.4) is 0 Å². The second-order valence-electron chi connectivity index (χ2n) is 9.18. The molecule has 0 saturated heterocycles. The highest BCUT2D eigenvalue weighted by Crippen LogP contribution is 2.67. The molecule has 5 rings (SSSR count). The van der Waals surface area contributed by atoms with E-state index >= 15 is 0 Å². The summed E-state index contributed by atoms with van der Waals surface area (Å²) in [6.07, 6.45) is 8.51. The first-order valence-electron chi connectivity index (χ1n) is 9.72. The molecule has 146 valence electrons. The van der Waals surface area contributed by atoms with Crippen molar-refractivity contribution in [3.63, 3.8) is 0 Å². The number of rotatable bonds is 3. The van der Waals surface area contributed by atoms with Crippen molar-refractivity contribution in [2.75, 3.05) is 5.32 Å². The summed E-state index contributed by atoms with van der Waals surface area (Å²) in [7, 11) is 1.89. The van der Waals surface area contributed by atoms with E-state index in [1.807, 2.05) is 19.4 Å². The Hall–Kier alpha value is -2.21. The summed E-state index contributed by atoms with van der Waals surface area (Å²) in [6.45, 7) is 6.53. The first kappa shape index (κ1) is 17.9. The number of ketones is 1. The van der Waals surface area contributed by atoms with Crippen LogP contribution in [0.15, 0.2) is 23.6 Å². The lowest BCUT2D eigenvalue weighted by Crippen LogP contribution is -2.46. The number of hydrogen-bond donors (Lipinski definition) is 1. The van der Waals surface area contributed by atoms with Crippen LogP contribution in [0.5, 0.6) is 0 Å². The summed E-state index contributed by atoms with van der Waals surface area (Å²) in [5, 5.41) is 8.51. The highest BCUT2D eigenvalue weighted by Gasteiger charge is 2.70. The molecule has 2 atom stereocenters. The maximum atomic E-state index is 12.8. The normalized spacial score (nSPS) is 29.9. The smallest absolute Gasteiger partial charge is 0.141 e. The average molecular weight is 398 g/mol. The second kappa shape index (κ2) is 5.44. The average Bonchev–Trinajstić information content (AvgIpc) is 3.33. The van der Waals surface area contributed by atoms with Crippen LogP contribution in [0.25, 0.3) is 0 Å². The van der Waals surface area contributed by atoms with Crippen LogP contribution in [-0.2, 0) is 18.3 Å². The van der Waals surface area contributed by atoms with Gasteiger partial charge in [0.1, 0.15) is 11.5 Å². The quantitative estimate of drug-likeness (QED) is 0.846. The molecule has 0 amide bonds. The van der Waals surface area contributed by atoms with Crippen LogP contribution in [0.1, 0.15) is 51.3 Å². The minimum Gasteiger partial charge on any atom is -0.376 e. The van der Waals surface area contributed by atoms with Gasteiger partial charge in [0.05, 0.1) is 33.9 Å². The van der Waals surface area contributed by atoms with Gasteiger partial charge in [-0.3, -0.25) is 14.5 Å². The zero-order valence-electron chi connectivity index (χ0n) is 16.6. The van der Waals surface area contributed by atoms with Gasteiger partial charge in [-0.1, -0.05) is 32.4 Å². The minimum atomic E-state index is -0.301. The molecule has 1 aliphatic heterocycles. The van der Waals surface area contributed by atoms with Crippen molar-refractivity contribution in [3.05, 3.63) is 34.9 Å². The number of anilines is 1. The number of fused-ring (bicyclic) bond motifs is 3. The fraction of sp³-hybridized carbons (Fsp3) is 0.524. The first-order chi connectivity index (χ1) is 13.2. The van der Waals surface area contributed by atoms with Crippen molar-refractivity contribution in [2.45, 2.75) is 52.0 Å². The van der Waals surface area contributed by atoms with E-state index in [1.165, 1.54) is 0 Å². The first-order valence-corrected chi connectivity index (χ1v) is 10.1. The molecule has 0 radical (unpaired) electrons. The molecular formula is C21H24ClN5O. The lowest BCUT2D eigenvalue weighted by molar-refractivity contribution is -0.128. The van der Waals surface area contributed by atoms with E-state index in [-0.39, 0.29) is 16.4 Å². The monoisotopic (exact) mass is 397 g/mol. The van der Waals surface area contributed by atoms with Gasteiger partial charge in [-0.25, -0.2) is 4.99 Å². The summed E-state index contributed by atoms with van der Waals surface area (Å²) in [5.74, 6) is 0.345. The summed E-state index contributed by atoms with van der Waals surface area (Å²) in [5.41, 5.74) is 3.69. The van der Waals surface area contributed by atoms with Gasteiger partial charge in [0.2, 0.25) is 0 Å². The minimum absolute atomic E-state index is 0.162. The molecule has 0 spiro atoms. The van der Waals surface area contributed by atoms with Gasteiger partial charge in [0, 0.05) is 48.7 Å². The topological polar surface area (TPSA) is 72.2 Å². The van der Waals surface area contributed by atoms with Crippen molar-refractivity contribution in [1.82, 2.24) is 14.8 Å². The Kier molecular flexibility index (Phi) is 3.47. The molecule has 2 aliphatic carbocycles. The van der Waals surface area contributed by atoms with E-state index in [0.717, 1.165) is 41.2 Å². The largest absolute Gasteiger partial charge is 0.376 e. The Morgan fingerprint density at radius 2 is 2.00 bits per heavy atom. The van der Waals surface area contributed by atoms with Gasteiger partial charge in [0.15, 0.2) is 0 Å². The Morgan fingerprint density at radius 3 is 2.61 bits per heavy atom. The molecule has 28 heavy (non-hydrogen) atoms. The third kappa shape index (κ3) is 2.10. The Balaban J connectivity index is 1.58. The number of halogens is 1. The van der Waals surface area contributed by atoms with Gasteiger partial charge in [0.25, 0.3) is 0 Å². The molecule has 7 heteroatoms. The summed E-state index contributed by atoms with van der Waals surface area (Å²) < 4.78 is 1.77. The fourth-order valence-electron chi connectivity index (χ4n) is 5.34. The van der Waals surface area contributed by atoms with Gasteiger partial charge in [-0.15, -0.1) is 0 Å². The van der Waals surface area contributed by atoms with E-state index in [9.17, 15) is 4.79 Å². The van der Waals surface area contributed by atoms with Crippen LogP contribution in [0.2, 0.25) is 5.02 Å². The Bertz CT molecular complexity index is 1060. The standard InChI is InChI=1S/C21H24ClN5O/c1-19(2)20(3)5-6-21(19,8-16(20)28)26-17-13(22)10-23-15-7-14(25-18(15)17)12-9-24-27(4)11-12/h9-11H,5-8H2,1-4H3,(H,23,26). The highest BCUT2D eigenvalue weighted by atomic mass is 35.5. The molecule has 3 aliphatic rings. The van der Waals surface area contributed by atoms with Crippen molar-refractivity contribution in [2.24, 2.45) is 22.9 Å². The van der Waals surface area contributed by atoms with Gasteiger partial charge in [-0.05, 0) is 12.8 Å². The van der Waals surface area contributed by atoms with E-state index in [1.54, 1.807) is 10.9 Å². The van der Waals surface area contributed by atoms with E-state index in [0.29, 0.717) is 23.6 Å². The summed E-state index contributed by atoms with van der Waals surface area (Å²) >= 11 is 6.59. The highest BCUT2D eigenvalue weighted by molar-refractivity contribution is 6.34.